The predicted molar refractivity (Wildman–Crippen MR) is 70.5 cm³/mol. The molecule has 0 saturated carbocycles. The molecule has 1 aliphatic heterocycles. The fourth-order valence-corrected chi connectivity index (χ4v) is 2.19. The van der Waals surface area contributed by atoms with Gasteiger partial charge in [-0.2, -0.15) is 0 Å². The first-order chi connectivity index (χ1) is 8.75. The largest absolute Gasteiger partial charge is 0.508 e. The Balaban J connectivity index is 1.71. The van der Waals surface area contributed by atoms with Crippen molar-refractivity contribution in [2.75, 3.05) is 13.1 Å². The van der Waals surface area contributed by atoms with Crippen LogP contribution in [0.2, 0.25) is 0 Å². The van der Waals surface area contributed by atoms with Crippen molar-refractivity contribution in [1.29, 1.82) is 0 Å². The molecule has 0 bridgehead atoms. The van der Waals surface area contributed by atoms with Crippen LogP contribution in [0.1, 0.15) is 24.8 Å². The molecule has 1 aromatic rings. The van der Waals surface area contributed by atoms with Crippen LogP contribution >= 0.6 is 0 Å². The highest BCUT2D eigenvalue weighted by Gasteiger charge is 2.19. The van der Waals surface area contributed by atoms with Crippen molar-refractivity contribution in [3.05, 3.63) is 29.8 Å². The summed E-state index contributed by atoms with van der Waals surface area (Å²) < 4.78 is 0. The molecule has 0 radical (unpaired) electrons. The van der Waals surface area contributed by atoms with Crippen molar-refractivity contribution in [3.63, 3.8) is 0 Å². The molecule has 0 unspecified atom stereocenters. The Bertz CT molecular complexity index is 383. The molecule has 1 fully saturated rings. The average molecular weight is 248 g/mol. The third kappa shape index (κ3) is 3.74. The number of carbonyl (C=O) groups is 1. The summed E-state index contributed by atoms with van der Waals surface area (Å²) in [5.74, 6) is 0.377. The van der Waals surface area contributed by atoms with Gasteiger partial charge in [-0.3, -0.25) is 4.79 Å². The second-order valence-corrected chi connectivity index (χ2v) is 4.71. The highest BCUT2D eigenvalue weighted by molar-refractivity contribution is 5.81. The average Bonchev–Trinajstić information content (AvgIpc) is 2.42. The van der Waals surface area contributed by atoms with E-state index in [1.807, 2.05) is 12.1 Å². The van der Waals surface area contributed by atoms with Crippen molar-refractivity contribution >= 4 is 5.91 Å². The van der Waals surface area contributed by atoms with Crippen LogP contribution in [0.5, 0.6) is 5.75 Å². The van der Waals surface area contributed by atoms with Gasteiger partial charge >= 0.3 is 0 Å². The number of benzene rings is 1. The number of phenols is 1. The van der Waals surface area contributed by atoms with E-state index < -0.39 is 0 Å². The zero-order chi connectivity index (χ0) is 12.8. The Morgan fingerprint density at radius 1 is 1.33 bits per heavy atom. The van der Waals surface area contributed by atoms with Crippen molar-refractivity contribution in [3.8, 4) is 5.75 Å². The van der Waals surface area contributed by atoms with Crippen molar-refractivity contribution in [2.45, 2.75) is 31.7 Å². The standard InChI is InChI=1S/C14H20N2O2/c17-12-6-4-11(5-7-12)8-10-16-14(18)13-3-1-2-9-15-13/h4-7,13,15,17H,1-3,8-10H2,(H,16,18)/t13-/m0/s1. The third-order valence-electron chi connectivity index (χ3n) is 3.28. The summed E-state index contributed by atoms with van der Waals surface area (Å²) in [6.07, 6.45) is 4.02. The molecule has 3 N–H and O–H groups in total. The lowest BCUT2D eigenvalue weighted by atomic mass is 10.0. The number of piperidine rings is 1. The Labute approximate surface area is 107 Å². The number of phenolic OH excluding ortho intramolecular Hbond substituents is 1. The summed E-state index contributed by atoms with van der Waals surface area (Å²) in [6, 6.07) is 7.07. The number of nitrogens with one attached hydrogen (secondary N) is 2. The van der Waals surface area contributed by atoms with E-state index in [9.17, 15) is 4.79 Å². The van der Waals surface area contributed by atoms with Crippen LogP contribution in [0.15, 0.2) is 24.3 Å². The van der Waals surface area contributed by atoms with E-state index in [0.29, 0.717) is 6.54 Å². The van der Waals surface area contributed by atoms with Crippen LogP contribution in [0, 0.1) is 0 Å². The van der Waals surface area contributed by atoms with Gasteiger partial charge in [0, 0.05) is 6.54 Å². The quantitative estimate of drug-likeness (QED) is 0.750. The van der Waals surface area contributed by atoms with Gasteiger partial charge in [0.25, 0.3) is 0 Å². The van der Waals surface area contributed by atoms with Crippen molar-refractivity contribution in [2.24, 2.45) is 0 Å². The van der Waals surface area contributed by atoms with Crippen molar-refractivity contribution in [1.82, 2.24) is 10.6 Å². The molecule has 18 heavy (non-hydrogen) atoms. The Hall–Kier alpha value is -1.55. The molecule has 98 valence electrons. The monoisotopic (exact) mass is 248 g/mol. The fourth-order valence-electron chi connectivity index (χ4n) is 2.19. The minimum Gasteiger partial charge on any atom is -0.508 e. The maximum atomic E-state index is 11.8. The molecular formula is C14H20N2O2. The Morgan fingerprint density at radius 3 is 2.78 bits per heavy atom. The molecule has 4 nitrogen and oxygen atoms in total. The van der Waals surface area contributed by atoms with E-state index in [2.05, 4.69) is 10.6 Å². The van der Waals surface area contributed by atoms with Crippen LogP contribution in [0.4, 0.5) is 0 Å². The molecule has 4 heteroatoms. The number of rotatable bonds is 4. The molecule has 1 saturated heterocycles. The lowest BCUT2D eigenvalue weighted by Crippen LogP contribution is -2.47. The summed E-state index contributed by atoms with van der Waals surface area (Å²) in [6.45, 7) is 1.58. The second kappa shape index (κ2) is 6.40. The van der Waals surface area contributed by atoms with Gasteiger partial charge in [-0.25, -0.2) is 0 Å². The Morgan fingerprint density at radius 2 is 2.11 bits per heavy atom. The molecule has 1 amide bonds. The van der Waals surface area contributed by atoms with Crippen LogP contribution in [-0.2, 0) is 11.2 Å². The minimum atomic E-state index is -0.0152. The first kappa shape index (κ1) is 12.9. The molecule has 0 aliphatic carbocycles. The number of aromatic hydroxyl groups is 1. The summed E-state index contributed by atoms with van der Waals surface area (Å²) in [5, 5.41) is 15.3. The summed E-state index contributed by atoms with van der Waals surface area (Å²) >= 11 is 0. The number of amides is 1. The highest BCUT2D eigenvalue weighted by atomic mass is 16.3. The van der Waals surface area contributed by atoms with Gasteiger partial charge in [-0.15, -0.1) is 0 Å². The second-order valence-electron chi connectivity index (χ2n) is 4.71. The SMILES string of the molecule is O=C(NCCc1ccc(O)cc1)[C@@H]1CCCCN1. The maximum Gasteiger partial charge on any atom is 0.237 e. The molecule has 0 spiro atoms. The zero-order valence-corrected chi connectivity index (χ0v) is 10.5. The van der Waals surface area contributed by atoms with Crippen molar-refractivity contribution < 1.29 is 9.90 Å². The molecule has 1 atom stereocenters. The minimum absolute atomic E-state index is 0.0152. The summed E-state index contributed by atoms with van der Waals surface area (Å²) in [5.41, 5.74) is 1.12. The topological polar surface area (TPSA) is 61.4 Å². The van der Waals surface area contributed by atoms with Gasteiger partial charge in [-0.1, -0.05) is 18.6 Å². The molecule has 1 aromatic carbocycles. The number of hydrogen-bond donors (Lipinski definition) is 3. The highest BCUT2D eigenvalue weighted by Crippen LogP contribution is 2.10. The van der Waals surface area contributed by atoms with E-state index in [-0.39, 0.29) is 17.7 Å². The summed E-state index contributed by atoms with van der Waals surface area (Å²) in [4.78, 5) is 11.8. The van der Waals surface area contributed by atoms with Crippen LogP contribution < -0.4 is 10.6 Å². The third-order valence-corrected chi connectivity index (χ3v) is 3.28. The van der Waals surface area contributed by atoms with E-state index in [4.69, 9.17) is 5.11 Å². The number of hydrogen-bond acceptors (Lipinski definition) is 3. The van der Waals surface area contributed by atoms with Gasteiger partial charge < -0.3 is 15.7 Å². The molecular weight excluding hydrogens is 228 g/mol. The van der Waals surface area contributed by atoms with E-state index in [0.717, 1.165) is 37.8 Å². The first-order valence-corrected chi connectivity index (χ1v) is 6.55. The van der Waals surface area contributed by atoms with Gasteiger partial charge in [-0.05, 0) is 43.5 Å². The lowest BCUT2D eigenvalue weighted by molar-refractivity contribution is -0.123. The van der Waals surface area contributed by atoms with Crippen LogP contribution in [-0.4, -0.2) is 30.1 Å². The van der Waals surface area contributed by atoms with E-state index >= 15 is 0 Å². The number of carbonyl (C=O) groups excluding carboxylic acids is 1. The molecule has 2 rings (SSSR count). The normalized spacial score (nSPS) is 19.4. The maximum absolute atomic E-state index is 11.8. The molecule has 1 heterocycles. The molecule has 0 aromatic heterocycles. The fraction of sp³-hybridized carbons (Fsp3) is 0.500. The lowest BCUT2D eigenvalue weighted by Gasteiger charge is -2.22. The van der Waals surface area contributed by atoms with E-state index in [1.165, 1.54) is 0 Å². The van der Waals surface area contributed by atoms with Gasteiger partial charge in [0.15, 0.2) is 0 Å². The van der Waals surface area contributed by atoms with E-state index in [1.54, 1.807) is 12.1 Å². The van der Waals surface area contributed by atoms with Crippen LogP contribution in [0.3, 0.4) is 0 Å². The predicted octanol–water partition coefficient (Wildman–Crippen LogP) is 1.19. The van der Waals surface area contributed by atoms with Crippen LogP contribution in [0.25, 0.3) is 0 Å². The first-order valence-electron chi connectivity index (χ1n) is 6.55. The zero-order valence-electron chi connectivity index (χ0n) is 10.5. The Kier molecular flexibility index (Phi) is 4.59. The van der Waals surface area contributed by atoms with Gasteiger partial charge in [0.2, 0.25) is 5.91 Å². The summed E-state index contributed by atoms with van der Waals surface area (Å²) in [7, 11) is 0. The van der Waals surface area contributed by atoms with Gasteiger partial charge in [0.05, 0.1) is 6.04 Å². The van der Waals surface area contributed by atoms with Gasteiger partial charge in [0.1, 0.15) is 5.75 Å². The smallest absolute Gasteiger partial charge is 0.237 e. The molecule has 1 aliphatic rings.